The number of nitrogens with one attached hydrogen (secondary N) is 1. The number of unbranched alkanes of at least 4 members (excludes halogenated alkanes) is 1. The maximum absolute atomic E-state index is 10.5. The first-order valence-electron chi connectivity index (χ1n) is 11.1. The minimum atomic E-state index is -0.103. The predicted octanol–water partition coefficient (Wildman–Crippen LogP) is 4.74. The van der Waals surface area contributed by atoms with Crippen molar-refractivity contribution in [3.63, 3.8) is 0 Å². The second kappa shape index (κ2) is 11.2. The number of aromatic amines is 1. The molecule has 0 aliphatic heterocycles. The van der Waals surface area contributed by atoms with E-state index in [-0.39, 0.29) is 30.6 Å². The van der Waals surface area contributed by atoms with Gasteiger partial charge in [0.2, 0.25) is 0 Å². The Bertz CT molecular complexity index is 1140. The quantitative estimate of drug-likeness (QED) is 0.235. The van der Waals surface area contributed by atoms with Gasteiger partial charge >= 0.3 is 0 Å². The molecule has 178 valence electrons. The SMILES string of the molecule is CCCCOc1ccc(Cn2c(-c3cc(C(C)C)c(O)cc3O)n[nH]c2=S)cc1OCCO. The Morgan fingerprint density at radius 3 is 2.52 bits per heavy atom. The Morgan fingerprint density at radius 2 is 1.82 bits per heavy atom. The lowest BCUT2D eigenvalue weighted by molar-refractivity contribution is 0.193. The minimum absolute atomic E-state index is 0.0382. The zero-order chi connectivity index (χ0) is 24.0. The van der Waals surface area contributed by atoms with Gasteiger partial charge in [-0.25, -0.2) is 0 Å². The molecule has 8 nitrogen and oxygen atoms in total. The first-order valence-corrected chi connectivity index (χ1v) is 11.5. The molecule has 0 bridgehead atoms. The van der Waals surface area contributed by atoms with E-state index in [4.69, 9.17) is 21.7 Å². The number of phenolic OH excluding ortho intramolecular Hbond substituents is 2. The molecule has 9 heteroatoms. The Morgan fingerprint density at radius 1 is 1.06 bits per heavy atom. The number of ether oxygens (including phenoxy) is 2. The number of phenols is 2. The van der Waals surface area contributed by atoms with Gasteiger partial charge in [0.25, 0.3) is 0 Å². The molecule has 2 aromatic carbocycles. The number of hydrogen-bond donors (Lipinski definition) is 4. The lowest BCUT2D eigenvalue weighted by atomic mass is 9.98. The minimum Gasteiger partial charge on any atom is -0.508 e. The summed E-state index contributed by atoms with van der Waals surface area (Å²) in [5, 5.41) is 37.0. The molecule has 1 aromatic heterocycles. The largest absolute Gasteiger partial charge is 0.508 e. The summed E-state index contributed by atoms with van der Waals surface area (Å²) < 4.78 is 13.7. The van der Waals surface area contributed by atoms with Crippen LogP contribution in [0.3, 0.4) is 0 Å². The van der Waals surface area contributed by atoms with Gasteiger partial charge < -0.3 is 24.8 Å². The van der Waals surface area contributed by atoms with Gasteiger partial charge in [0, 0.05) is 6.07 Å². The highest BCUT2D eigenvalue weighted by Gasteiger charge is 2.18. The second-order valence-corrected chi connectivity index (χ2v) is 8.46. The number of nitrogens with zero attached hydrogens (tertiary/aromatic N) is 2. The van der Waals surface area contributed by atoms with Gasteiger partial charge in [-0.15, -0.1) is 0 Å². The van der Waals surface area contributed by atoms with Gasteiger partial charge in [-0.1, -0.05) is 33.3 Å². The molecule has 33 heavy (non-hydrogen) atoms. The average molecular weight is 474 g/mol. The third-order valence-electron chi connectivity index (χ3n) is 5.22. The molecule has 0 amide bonds. The third-order valence-corrected chi connectivity index (χ3v) is 5.53. The van der Waals surface area contributed by atoms with Gasteiger partial charge in [0.1, 0.15) is 18.1 Å². The maximum atomic E-state index is 10.5. The van der Waals surface area contributed by atoms with Crippen molar-refractivity contribution >= 4 is 12.2 Å². The van der Waals surface area contributed by atoms with E-state index in [1.165, 1.54) is 6.07 Å². The number of benzene rings is 2. The molecule has 0 spiro atoms. The van der Waals surface area contributed by atoms with Crippen LogP contribution < -0.4 is 9.47 Å². The van der Waals surface area contributed by atoms with E-state index in [2.05, 4.69) is 17.1 Å². The molecular formula is C24H31N3O5S. The highest BCUT2D eigenvalue weighted by Crippen LogP contribution is 2.37. The van der Waals surface area contributed by atoms with Crippen molar-refractivity contribution in [2.24, 2.45) is 0 Å². The number of aromatic hydroxyl groups is 2. The lowest BCUT2D eigenvalue weighted by Crippen LogP contribution is -2.07. The molecule has 3 rings (SSSR count). The van der Waals surface area contributed by atoms with Crippen LogP contribution in [0.2, 0.25) is 0 Å². The maximum Gasteiger partial charge on any atom is 0.195 e. The van der Waals surface area contributed by atoms with Crippen LogP contribution in [0.15, 0.2) is 30.3 Å². The molecule has 0 aliphatic rings. The van der Waals surface area contributed by atoms with Crippen LogP contribution >= 0.6 is 12.2 Å². The molecule has 3 aromatic rings. The van der Waals surface area contributed by atoms with Gasteiger partial charge in [0.05, 0.1) is 25.3 Å². The lowest BCUT2D eigenvalue weighted by Gasteiger charge is -2.15. The molecule has 0 saturated heterocycles. The molecule has 0 unspecified atom stereocenters. The molecule has 0 atom stereocenters. The fourth-order valence-corrected chi connectivity index (χ4v) is 3.65. The van der Waals surface area contributed by atoms with Crippen molar-refractivity contribution in [2.45, 2.75) is 46.1 Å². The van der Waals surface area contributed by atoms with E-state index in [9.17, 15) is 15.3 Å². The third kappa shape index (κ3) is 5.85. The van der Waals surface area contributed by atoms with Crippen molar-refractivity contribution < 1.29 is 24.8 Å². The van der Waals surface area contributed by atoms with Gasteiger partial charge in [-0.05, 0) is 53.9 Å². The first kappa shape index (κ1) is 24.6. The van der Waals surface area contributed by atoms with Gasteiger partial charge in [0.15, 0.2) is 22.1 Å². The van der Waals surface area contributed by atoms with Crippen LogP contribution in [0.4, 0.5) is 0 Å². The predicted molar refractivity (Wildman–Crippen MR) is 129 cm³/mol. The van der Waals surface area contributed by atoms with E-state index in [1.54, 1.807) is 10.6 Å². The second-order valence-electron chi connectivity index (χ2n) is 8.08. The standard InChI is InChI=1S/C24H31N3O5S/c1-4-5-9-31-21-7-6-16(11-22(21)32-10-8-28)14-27-23(25-26-24(27)33)18-12-17(15(2)3)19(29)13-20(18)30/h6-7,11-13,15,28-30H,4-5,8-10,14H2,1-3H3,(H,26,33). The number of rotatable bonds is 11. The van der Waals surface area contributed by atoms with Crippen molar-refractivity contribution in [1.29, 1.82) is 0 Å². The molecule has 0 saturated carbocycles. The van der Waals surface area contributed by atoms with Crippen LogP contribution in [0.5, 0.6) is 23.0 Å². The summed E-state index contributed by atoms with van der Waals surface area (Å²) in [7, 11) is 0. The summed E-state index contributed by atoms with van der Waals surface area (Å²) in [5.41, 5.74) is 2.06. The normalized spacial score (nSPS) is 11.2. The van der Waals surface area contributed by atoms with Crippen molar-refractivity contribution in [3.05, 3.63) is 46.2 Å². The molecule has 0 aliphatic carbocycles. The Kier molecular flexibility index (Phi) is 8.35. The number of aromatic nitrogens is 3. The number of H-pyrrole nitrogens is 1. The molecule has 0 fully saturated rings. The summed E-state index contributed by atoms with van der Waals surface area (Å²) in [6.45, 7) is 7.03. The molecular weight excluding hydrogens is 442 g/mol. The van der Waals surface area contributed by atoms with E-state index in [0.717, 1.165) is 18.4 Å². The van der Waals surface area contributed by atoms with Crippen LogP contribution in [0, 0.1) is 4.77 Å². The zero-order valence-electron chi connectivity index (χ0n) is 19.2. The van der Waals surface area contributed by atoms with E-state index >= 15 is 0 Å². The van der Waals surface area contributed by atoms with Crippen LogP contribution in [0.1, 0.15) is 50.7 Å². The smallest absolute Gasteiger partial charge is 0.195 e. The highest BCUT2D eigenvalue weighted by molar-refractivity contribution is 7.71. The number of hydrogen-bond acceptors (Lipinski definition) is 7. The first-order chi connectivity index (χ1) is 15.8. The Labute approximate surface area is 198 Å². The van der Waals surface area contributed by atoms with Crippen molar-refractivity contribution in [3.8, 4) is 34.4 Å². The Hall–Kier alpha value is -3.04. The molecule has 4 N–H and O–H groups in total. The summed E-state index contributed by atoms with van der Waals surface area (Å²) >= 11 is 5.45. The van der Waals surface area contributed by atoms with Crippen molar-refractivity contribution in [1.82, 2.24) is 14.8 Å². The van der Waals surface area contributed by atoms with Crippen LogP contribution in [-0.4, -0.2) is 49.9 Å². The van der Waals surface area contributed by atoms with Crippen LogP contribution in [-0.2, 0) is 6.54 Å². The summed E-state index contributed by atoms with van der Waals surface area (Å²) in [4.78, 5) is 0. The Balaban J connectivity index is 1.96. The van der Waals surface area contributed by atoms with E-state index < -0.39 is 0 Å². The monoisotopic (exact) mass is 473 g/mol. The van der Waals surface area contributed by atoms with Crippen molar-refractivity contribution in [2.75, 3.05) is 19.8 Å². The number of aliphatic hydroxyl groups excluding tert-OH is 1. The van der Waals surface area contributed by atoms with Crippen LogP contribution in [0.25, 0.3) is 11.4 Å². The van der Waals surface area contributed by atoms with E-state index in [0.29, 0.717) is 46.4 Å². The summed E-state index contributed by atoms with van der Waals surface area (Å²) in [5.74, 6) is 1.64. The highest BCUT2D eigenvalue weighted by atomic mass is 32.1. The fraction of sp³-hybridized carbons (Fsp3) is 0.417. The zero-order valence-corrected chi connectivity index (χ0v) is 20.0. The van der Waals surface area contributed by atoms with E-state index in [1.807, 2.05) is 32.0 Å². The van der Waals surface area contributed by atoms with Gasteiger partial charge in [-0.2, -0.15) is 5.10 Å². The molecule has 1 heterocycles. The average Bonchev–Trinajstić information content (AvgIpc) is 3.13. The fourth-order valence-electron chi connectivity index (χ4n) is 3.45. The summed E-state index contributed by atoms with van der Waals surface area (Å²) in [6.07, 6.45) is 1.96. The summed E-state index contributed by atoms with van der Waals surface area (Å²) in [6, 6.07) is 8.68. The number of aliphatic hydroxyl groups is 1. The molecule has 0 radical (unpaired) electrons. The van der Waals surface area contributed by atoms with Gasteiger partial charge in [-0.3, -0.25) is 9.67 Å². The topological polar surface area (TPSA) is 113 Å².